The molecule has 1 heterocycles. The van der Waals surface area contributed by atoms with Crippen molar-refractivity contribution >= 4 is 22.0 Å². The molecule has 0 bridgehead atoms. The molecular formula is C24H25N3O5S. The molecule has 1 saturated heterocycles. The molecule has 1 aliphatic rings. The smallest absolute Gasteiger partial charge is 0.269 e. The Morgan fingerprint density at radius 1 is 1.00 bits per heavy atom. The lowest BCUT2D eigenvalue weighted by Crippen LogP contribution is -2.45. The number of hydrogen-bond acceptors (Lipinski definition) is 6. The van der Waals surface area contributed by atoms with E-state index in [0.29, 0.717) is 37.6 Å². The van der Waals surface area contributed by atoms with E-state index in [2.05, 4.69) is 9.03 Å². The number of morpholine rings is 1. The average Bonchev–Trinajstić information content (AvgIpc) is 2.88. The average molecular weight is 468 g/mol. The Morgan fingerprint density at radius 2 is 1.64 bits per heavy atom. The highest BCUT2D eigenvalue weighted by atomic mass is 32.3. The van der Waals surface area contributed by atoms with Gasteiger partial charge in [0, 0.05) is 35.7 Å². The summed E-state index contributed by atoms with van der Waals surface area (Å²) in [5.41, 5.74) is 0.517. The highest BCUT2D eigenvalue weighted by Crippen LogP contribution is 2.64. The summed E-state index contributed by atoms with van der Waals surface area (Å²) in [7, 11) is -0.788. The number of hydrogen-bond donors (Lipinski definition) is 1. The summed E-state index contributed by atoms with van der Waals surface area (Å²) in [6.45, 7) is 2.19. The van der Waals surface area contributed by atoms with E-state index >= 15 is 0 Å². The number of ether oxygens (including phenoxy) is 2. The molecule has 1 unspecified atom stereocenters. The number of rotatable bonds is 7. The van der Waals surface area contributed by atoms with Crippen molar-refractivity contribution in [1.29, 1.82) is 0 Å². The first-order chi connectivity index (χ1) is 16.1. The second-order valence-electron chi connectivity index (χ2n) is 7.32. The van der Waals surface area contributed by atoms with Gasteiger partial charge in [-0.25, -0.2) is 4.31 Å². The number of nitro groups is 1. The number of amides is 1. The zero-order valence-electron chi connectivity index (χ0n) is 18.2. The maximum atomic E-state index is 13.5. The Labute approximate surface area is 193 Å². The highest BCUT2D eigenvalue weighted by molar-refractivity contribution is 8.30. The molecule has 8 nitrogen and oxygen atoms in total. The summed E-state index contributed by atoms with van der Waals surface area (Å²) < 4.78 is 16.9. The van der Waals surface area contributed by atoms with E-state index < -0.39 is 15.3 Å². The van der Waals surface area contributed by atoms with Crippen molar-refractivity contribution in [1.82, 2.24) is 9.03 Å². The highest BCUT2D eigenvalue weighted by Gasteiger charge is 2.40. The van der Waals surface area contributed by atoms with Crippen LogP contribution < -0.4 is 9.46 Å². The topological polar surface area (TPSA) is 93.9 Å². The summed E-state index contributed by atoms with van der Waals surface area (Å²) in [5, 5.41) is 11.3. The lowest BCUT2D eigenvalue weighted by Gasteiger charge is -2.51. The van der Waals surface area contributed by atoms with Crippen LogP contribution in [-0.2, 0) is 4.74 Å². The van der Waals surface area contributed by atoms with Gasteiger partial charge in [0.2, 0.25) is 0 Å². The quantitative estimate of drug-likeness (QED) is 0.408. The fourth-order valence-corrected chi connectivity index (χ4v) is 7.34. The Kier molecular flexibility index (Phi) is 6.93. The number of methoxy groups -OCH3 is 1. The van der Waals surface area contributed by atoms with Gasteiger partial charge in [0.15, 0.2) is 0 Å². The molecule has 3 aromatic carbocycles. The third kappa shape index (κ3) is 4.56. The van der Waals surface area contributed by atoms with Gasteiger partial charge < -0.3 is 9.47 Å². The molecule has 172 valence electrons. The Morgan fingerprint density at radius 3 is 2.27 bits per heavy atom. The molecule has 3 aromatic rings. The van der Waals surface area contributed by atoms with Gasteiger partial charge in [-0.15, -0.1) is 0 Å². The molecule has 0 aliphatic carbocycles. The normalized spacial score (nSPS) is 16.9. The lowest BCUT2D eigenvalue weighted by atomic mass is 10.2. The Balaban J connectivity index is 1.94. The number of carbonyl (C=O) groups excluding carboxylic acids is 1. The molecular weight excluding hydrogens is 442 g/mol. The van der Waals surface area contributed by atoms with Crippen LogP contribution in [0, 0.1) is 10.1 Å². The molecule has 9 heteroatoms. The molecule has 1 fully saturated rings. The van der Waals surface area contributed by atoms with Crippen molar-refractivity contribution in [3.05, 3.63) is 94.5 Å². The van der Waals surface area contributed by atoms with Gasteiger partial charge in [-0.2, -0.15) is 0 Å². The lowest BCUT2D eigenvalue weighted by molar-refractivity contribution is -0.384. The van der Waals surface area contributed by atoms with Gasteiger partial charge in [-0.3, -0.25) is 19.6 Å². The van der Waals surface area contributed by atoms with Gasteiger partial charge >= 0.3 is 0 Å². The van der Waals surface area contributed by atoms with E-state index in [9.17, 15) is 14.9 Å². The number of nitrogens with zero attached hydrogens (tertiary/aromatic N) is 2. The minimum Gasteiger partial charge on any atom is -0.496 e. The van der Waals surface area contributed by atoms with E-state index in [1.165, 1.54) is 12.1 Å². The predicted molar refractivity (Wildman–Crippen MR) is 127 cm³/mol. The first-order valence-electron chi connectivity index (χ1n) is 10.5. The van der Waals surface area contributed by atoms with Gasteiger partial charge in [0.1, 0.15) is 5.75 Å². The minimum absolute atomic E-state index is 0.0107. The summed E-state index contributed by atoms with van der Waals surface area (Å²) in [6, 6.07) is 23.0. The third-order valence-corrected chi connectivity index (χ3v) is 8.96. The van der Waals surface area contributed by atoms with E-state index in [0.717, 1.165) is 9.79 Å². The molecule has 1 atom stereocenters. The van der Waals surface area contributed by atoms with E-state index in [4.69, 9.17) is 9.47 Å². The Hall–Kier alpha value is -3.40. The fourth-order valence-electron chi connectivity index (χ4n) is 3.82. The first-order valence-corrected chi connectivity index (χ1v) is 12.1. The molecule has 4 rings (SSSR count). The van der Waals surface area contributed by atoms with Crippen LogP contribution in [0.5, 0.6) is 5.75 Å². The van der Waals surface area contributed by atoms with Crippen LogP contribution in [0.1, 0.15) is 10.4 Å². The monoisotopic (exact) mass is 467 g/mol. The van der Waals surface area contributed by atoms with Crippen molar-refractivity contribution in [3.63, 3.8) is 0 Å². The Bertz CT molecular complexity index is 1120. The van der Waals surface area contributed by atoms with Crippen LogP contribution >= 0.6 is 10.4 Å². The molecule has 0 radical (unpaired) electrons. The molecule has 33 heavy (non-hydrogen) atoms. The molecule has 0 saturated carbocycles. The molecule has 0 aromatic heterocycles. The molecule has 1 aliphatic heterocycles. The maximum absolute atomic E-state index is 13.5. The van der Waals surface area contributed by atoms with Gasteiger partial charge in [0.25, 0.3) is 11.6 Å². The van der Waals surface area contributed by atoms with Crippen molar-refractivity contribution in [2.24, 2.45) is 0 Å². The largest absolute Gasteiger partial charge is 0.496 e. The number of non-ortho nitro benzene ring substituents is 1. The summed E-state index contributed by atoms with van der Waals surface area (Å²) in [4.78, 5) is 26.0. The molecule has 1 N–H and O–H groups in total. The van der Waals surface area contributed by atoms with Gasteiger partial charge in [-0.05, 0) is 46.8 Å². The van der Waals surface area contributed by atoms with Crippen molar-refractivity contribution in [2.75, 3.05) is 33.4 Å². The summed E-state index contributed by atoms with van der Waals surface area (Å²) in [5.74, 6) is 0.395. The zero-order chi connectivity index (χ0) is 23.3. The van der Waals surface area contributed by atoms with Gasteiger partial charge in [-0.1, -0.05) is 30.3 Å². The van der Waals surface area contributed by atoms with Crippen molar-refractivity contribution < 1.29 is 19.2 Å². The standard InChI is InChI=1S/C24H25N3O5S/c1-31-22-9-5-6-10-23(22)33(26-15-17-32-18-16-26,21-13-11-20(12-14-21)27(29)30)25-24(28)19-7-3-2-4-8-19/h2-14H,15-18H2,1H3,(H,25,28). The maximum Gasteiger partial charge on any atom is 0.269 e. The zero-order valence-corrected chi connectivity index (χ0v) is 19.0. The second kappa shape index (κ2) is 10.0. The van der Waals surface area contributed by atoms with Crippen LogP contribution in [0.3, 0.4) is 0 Å². The van der Waals surface area contributed by atoms with Gasteiger partial charge in [0.05, 0.1) is 30.1 Å². The minimum atomic E-state index is -2.38. The van der Waals surface area contributed by atoms with Crippen molar-refractivity contribution in [3.8, 4) is 5.75 Å². The number of benzene rings is 3. The van der Waals surface area contributed by atoms with E-state index in [1.54, 1.807) is 31.4 Å². The van der Waals surface area contributed by atoms with Crippen LogP contribution in [0.4, 0.5) is 5.69 Å². The number of carbonyl (C=O) groups is 1. The predicted octanol–water partition coefficient (Wildman–Crippen LogP) is 4.42. The third-order valence-electron chi connectivity index (χ3n) is 5.41. The van der Waals surface area contributed by atoms with Crippen LogP contribution in [0.25, 0.3) is 0 Å². The first kappa shape index (κ1) is 22.8. The number of para-hydroxylation sites is 1. The van der Waals surface area contributed by atoms with Crippen LogP contribution in [0.15, 0.2) is 88.7 Å². The van der Waals surface area contributed by atoms with Crippen LogP contribution in [0.2, 0.25) is 0 Å². The fraction of sp³-hybridized carbons (Fsp3) is 0.208. The summed E-state index contributed by atoms with van der Waals surface area (Å²) in [6.07, 6.45) is 0. The van der Waals surface area contributed by atoms with Crippen LogP contribution in [-0.4, -0.2) is 48.5 Å². The number of nitro benzene ring substituents is 1. The van der Waals surface area contributed by atoms with E-state index in [1.807, 2.05) is 42.5 Å². The summed E-state index contributed by atoms with van der Waals surface area (Å²) >= 11 is 0. The number of nitrogens with one attached hydrogen (secondary N) is 1. The second-order valence-corrected chi connectivity index (χ2v) is 10.1. The SMILES string of the molecule is COc1ccccc1S(NC(=O)c1ccccc1)(c1ccc([N+](=O)[O-])cc1)N1CCOCC1. The van der Waals surface area contributed by atoms with Crippen molar-refractivity contribution in [2.45, 2.75) is 9.79 Å². The molecule has 0 spiro atoms. The van der Waals surface area contributed by atoms with E-state index in [-0.39, 0.29) is 11.6 Å². The molecule has 1 amide bonds.